The molecule has 1 aliphatic carbocycles. The molecule has 1 saturated carbocycles. The minimum Gasteiger partial charge on any atom is -0.375 e. The van der Waals surface area contributed by atoms with Gasteiger partial charge in [0.25, 0.3) is 0 Å². The summed E-state index contributed by atoms with van der Waals surface area (Å²) in [7, 11) is 0. The van der Waals surface area contributed by atoms with Gasteiger partial charge in [0.1, 0.15) is 0 Å². The maximum Gasteiger partial charge on any atom is 0.237 e. The van der Waals surface area contributed by atoms with E-state index in [1.54, 1.807) is 0 Å². The van der Waals surface area contributed by atoms with Gasteiger partial charge in [0.15, 0.2) is 0 Å². The standard InChI is InChI=1S/C15H20N2O2/c1-10(15(18)17-12-6-7-12)16-14-9-19-8-11-4-2-3-5-13(11)14/h2-5,10,12,14,16H,6-9H2,1H3,(H,17,18). The van der Waals surface area contributed by atoms with E-state index in [1.807, 2.05) is 19.1 Å². The quantitative estimate of drug-likeness (QED) is 0.863. The molecule has 2 atom stereocenters. The van der Waals surface area contributed by atoms with Crippen molar-refractivity contribution in [3.63, 3.8) is 0 Å². The van der Waals surface area contributed by atoms with Crippen LogP contribution in [0.1, 0.15) is 36.9 Å². The highest BCUT2D eigenvalue weighted by Gasteiger charge is 2.28. The number of nitrogens with one attached hydrogen (secondary N) is 2. The maximum atomic E-state index is 12.0. The summed E-state index contributed by atoms with van der Waals surface area (Å²) in [6.07, 6.45) is 2.24. The first-order valence-electron chi connectivity index (χ1n) is 6.96. The average molecular weight is 260 g/mol. The Labute approximate surface area is 113 Å². The summed E-state index contributed by atoms with van der Waals surface area (Å²) in [5.74, 6) is 0.0885. The summed E-state index contributed by atoms with van der Waals surface area (Å²) in [4.78, 5) is 12.0. The fourth-order valence-electron chi connectivity index (χ4n) is 2.45. The topological polar surface area (TPSA) is 50.4 Å². The first-order chi connectivity index (χ1) is 9.24. The van der Waals surface area contributed by atoms with E-state index < -0.39 is 0 Å². The van der Waals surface area contributed by atoms with Crippen LogP contribution in [0, 0.1) is 0 Å². The zero-order valence-electron chi connectivity index (χ0n) is 11.2. The van der Waals surface area contributed by atoms with Crippen molar-refractivity contribution in [2.24, 2.45) is 0 Å². The van der Waals surface area contributed by atoms with Gasteiger partial charge in [-0.3, -0.25) is 10.1 Å². The van der Waals surface area contributed by atoms with Crippen molar-refractivity contribution >= 4 is 5.91 Å². The van der Waals surface area contributed by atoms with Crippen molar-refractivity contribution in [1.29, 1.82) is 0 Å². The van der Waals surface area contributed by atoms with Gasteiger partial charge in [-0.15, -0.1) is 0 Å². The van der Waals surface area contributed by atoms with Crippen LogP contribution >= 0.6 is 0 Å². The van der Waals surface area contributed by atoms with Crippen molar-refractivity contribution in [2.45, 2.75) is 44.5 Å². The molecule has 0 bridgehead atoms. The lowest BCUT2D eigenvalue weighted by atomic mass is 9.98. The number of benzene rings is 1. The third-order valence-corrected chi connectivity index (χ3v) is 3.74. The van der Waals surface area contributed by atoms with Crippen LogP contribution in [0.15, 0.2) is 24.3 Å². The second-order valence-corrected chi connectivity index (χ2v) is 5.44. The van der Waals surface area contributed by atoms with Gasteiger partial charge in [0.2, 0.25) is 5.91 Å². The van der Waals surface area contributed by atoms with Crippen molar-refractivity contribution in [3.05, 3.63) is 35.4 Å². The van der Waals surface area contributed by atoms with Gasteiger partial charge in [-0.2, -0.15) is 0 Å². The summed E-state index contributed by atoms with van der Waals surface area (Å²) in [5.41, 5.74) is 2.46. The summed E-state index contributed by atoms with van der Waals surface area (Å²) in [6.45, 7) is 3.20. The number of amides is 1. The highest BCUT2D eigenvalue weighted by molar-refractivity contribution is 5.81. The lowest BCUT2D eigenvalue weighted by Crippen LogP contribution is -2.46. The highest BCUT2D eigenvalue weighted by atomic mass is 16.5. The predicted octanol–water partition coefficient (Wildman–Crippen LogP) is 1.51. The largest absolute Gasteiger partial charge is 0.375 e. The Balaban J connectivity index is 1.64. The second kappa shape index (κ2) is 5.31. The van der Waals surface area contributed by atoms with Gasteiger partial charge in [-0.05, 0) is 30.9 Å². The summed E-state index contributed by atoms with van der Waals surface area (Å²) in [6, 6.07) is 8.57. The lowest BCUT2D eigenvalue weighted by molar-refractivity contribution is -0.123. The Morgan fingerprint density at radius 3 is 2.95 bits per heavy atom. The number of hydrogen-bond acceptors (Lipinski definition) is 3. The van der Waals surface area contributed by atoms with E-state index in [1.165, 1.54) is 11.1 Å². The molecule has 2 N–H and O–H groups in total. The van der Waals surface area contributed by atoms with Gasteiger partial charge in [0, 0.05) is 6.04 Å². The van der Waals surface area contributed by atoms with Crippen LogP contribution in [0.4, 0.5) is 0 Å². The van der Waals surface area contributed by atoms with Gasteiger partial charge in [-0.1, -0.05) is 24.3 Å². The average Bonchev–Trinajstić information content (AvgIpc) is 3.23. The van der Waals surface area contributed by atoms with Crippen LogP contribution in [-0.2, 0) is 16.1 Å². The van der Waals surface area contributed by atoms with E-state index in [2.05, 4.69) is 22.8 Å². The van der Waals surface area contributed by atoms with E-state index in [9.17, 15) is 4.79 Å². The third kappa shape index (κ3) is 2.96. The zero-order valence-corrected chi connectivity index (χ0v) is 11.2. The van der Waals surface area contributed by atoms with Crippen LogP contribution in [0.5, 0.6) is 0 Å². The van der Waals surface area contributed by atoms with Gasteiger partial charge < -0.3 is 10.1 Å². The molecule has 1 amide bonds. The Morgan fingerprint density at radius 2 is 2.16 bits per heavy atom. The first-order valence-corrected chi connectivity index (χ1v) is 6.96. The monoisotopic (exact) mass is 260 g/mol. The smallest absolute Gasteiger partial charge is 0.237 e. The minimum atomic E-state index is -0.194. The van der Waals surface area contributed by atoms with Gasteiger partial charge in [-0.25, -0.2) is 0 Å². The molecule has 19 heavy (non-hydrogen) atoms. The van der Waals surface area contributed by atoms with E-state index in [0.29, 0.717) is 19.3 Å². The molecule has 1 aromatic rings. The molecule has 2 unspecified atom stereocenters. The predicted molar refractivity (Wildman–Crippen MR) is 72.6 cm³/mol. The molecule has 4 heteroatoms. The molecule has 0 radical (unpaired) electrons. The summed E-state index contributed by atoms with van der Waals surface area (Å²) >= 11 is 0. The Bertz CT molecular complexity index is 471. The second-order valence-electron chi connectivity index (χ2n) is 5.44. The van der Waals surface area contributed by atoms with Gasteiger partial charge in [0.05, 0.1) is 25.3 Å². The SMILES string of the molecule is CC(NC1COCc2ccccc21)C(=O)NC1CC1. The Morgan fingerprint density at radius 1 is 1.37 bits per heavy atom. The molecule has 0 saturated heterocycles. The molecule has 1 aliphatic heterocycles. The number of rotatable bonds is 4. The maximum absolute atomic E-state index is 12.0. The number of ether oxygens (including phenoxy) is 1. The third-order valence-electron chi connectivity index (χ3n) is 3.74. The van der Waals surface area contributed by atoms with E-state index in [0.717, 1.165) is 12.8 Å². The van der Waals surface area contributed by atoms with Crippen LogP contribution < -0.4 is 10.6 Å². The van der Waals surface area contributed by atoms with Crippen LogP contribution in [-0.4, -0.2) is 24.6 Å². The fraction of sp³-hybridized carbons (Fsp3) is 0.533. The molecular weight excluding hydrogens is 240 g/mol. The molecule has 3 rings (SSSR count). The van der Waals surface area contributed by atoms with Crippen LogP contribution in [0.3, 0.4) is 0 Å². The minimum absolute atomic E-state index is 0.0885. The molecule has 2 aliphatic rings. The lowest BCUT2D eigenvalue weighted by Gasteiger charge is -2.28. The Hall–Kier alpha value is -1.39. The van der Waals surface area contributed by atoms with E-state index >= 15 is 0 Å². The van der Waals surface area contributed by atoms with Crippen molar-refractivity contribution in [3.8, 4) is 0 Å². The zero-order chi connectivity index (χ0) is 13.2. The molecule has 4 nitrogen and oxygen atoms in total. The fourth-order valence-corrected chi connectivity index (χ4v) is 2.45. The normalized spacial score (nSPS) is 23.5. The molecule has 0 aromatic heterocycles. The van der Waals surface area contributed by atoms with Crippen molar-refractivity contribution in [1.82, 2.24) is 10.6 Å². The van der Waals surface area contributed by atoms with Crippen LogP contribution in [0.25, 0.3) is 0 Å². The molecular formula is C15H20N2O2. The first kappa shape index (κ1) is 12.6. The van der Waals surface area contributed by atoms with E-state index in [4.69, 9.17) is 4.74 Å². The molecule has 102 valence electrons. The highest BCUT2D eigenvalue weighted by Crippen LogP contribution is 2.25. The number of carbonyl (C=O) groups excluding carboxylic acids is 1. The summed E-state index contributed by atoms with van der Waals surface area (Å²) < 4.78 is 5.59. The van der Waals surface area contributed by atoms with Crippen molar-refractivity contribution in [2.75, 3.05) is 6.61 Å². The Kier molecular flexibility index (Phi) is 3.53. The van der Waals surface area contributed by atoms with Crippen LogP contribution in [0.2, 0.25) is 0 Å². The summed E-state index contributed by atoms with van der Waals surface area (Å²) in [5, 5.41) is 6.40. The molecule has 1 fully saturated rings. The number of carbonyl (C=O) groups is 1. The van der Waals surface area contributed by atoms with Gasteiger partial charge >= 0.3 is 0 Å². The number of hydrogen-bond donors (Lipinski definition) is 2. The molecule has 0 spiro atoms. The molecule has 1 heterocycles. The molecule has 1 aromatic carbocycles. The number of fused-ring (bicyclic) bond motifs is 1. The van der Waals surface area contributed by atoms with Crippen molar-refractivity contribution < 1.29 is 9.53 Å². The van der Waals surface area contributed by atoms with E-state index in [-0.39, 0.29) is 18.0 Å².